The number of benzene rings is 2. The summed E-state index contributed by atoms with van der Waals surface area (Å²) < 4.78 is 17.0. The van der Waals surface area contributed by atoms with Gasteiger partial charge in [-0.2, -0.15) is 0 Å². The molecule has 1 aliphatic heterocycles. The van der Waals surface area contributed by atoms with Gasteiger partial charge in [0.1, 0.15) is 22.6 Å². The van der Waals surface area contributed by atoms with Crippen molar-refractivity contribution in [1.82, 2.24) is 0 Å². The van der Waals surface area contributed by atoms with Gasteiger partial charge in [0.15, 0.2) is 0 Å². The largest absolute Gasteiger partial charge is 0.507 e. The van der Waals surface area contributed by atoms with Crippen molar-refractivity contribution < 1.29 is 28.9 Å². The molecule has 198 valence electrons. The van der Waals surface area contributed by atoms with Gasteiger partial charge in [-0.1, -0.05) is 53.6 Å². The zero-order chi connectivity index (χ0) is 27.2. The first-order valence-electron chi connectivity index (χ1n) is 12.9. The predicted octanol–water partition coefficient (Wildman–Crippen LogP) is 6.87. The van der Waals surface area contributed by atoms with Gasteiger partial charge >= 0.3 is 11.9 Å². The summed E-state index contributed by atoms with van der Waals surface area (Å²) in [7, 11) is 0. The number of phenols is 1. The lowest BCUT2D eigenvalue weighted by Crippen LogP contribution is -2.40. The number of ether oxygens (including phenoxy) is 3. The number of esters is 2. The molecule has 0 saturated carbocycles. The summed E-state index contributed by atoms with van der Waals surface area (Å²) >= 11 is 0. The van der Waals surface area contributed by atoms with Crippen LogP contribution in [0.25, 0.3) is 0 Å². The molecule has 6 nitrogen and oxygen atoms in total. The number of rotatable bonds is 10. The van der Waals surface area contributed by atoms with Gasteiger partial charge in [0, 0.05) is 19.4 Å². The van der Waals surface area contributed by atoms with Crippen LogP contribution in [0.15, 0.2) is 53.6 Å². The summed E-state index contributed by atoms with van der Waals surface area (Å²) in [6, 6.07) is 9.75. The van der Waals surface area contributed by atoms with Crippen molar-refractivity contribution in [1.29, 1.82) is 0 Å². The van der Waals surface area contributed by atoms with Crippen LogP contribution in [0.2, 0.25) is 0 Å². The van der Waals surface area contributed by atoms with Crippen LogP contribution in [0, 0.1) is 0 Å². The molecule has 0 bridgehead atoms. The first-order chi connectivity index (χ1) is 17.5. The maximum absolute atomic E-state index is 13.3. The fraction of sp³-hybridized carbons (Fsp3) is 0.419. The van der Waals surface area contributed by atoms with E-state index >= 15 is 0 Å². The third-order valence-corrected chi connectivity index (χ3v) is 6.25. The second-order valence-corrected chi connectivity index (χ2v) is 10.1. The molecule has 0 spiro atoms. The van der Waals surface area contributed by atoms with Crippen LogP contribution < -0.4 is 4.74 Å². The number of aryl methyl sites for hydroxylation is 1. The van der Waals surface area contributed by atoms with Crippen LogP contribution in [0.5, 0.6) is 11.5 Å². The van der Waals surface area contributed by atoms with E-state index in [-0.39, 0.29) is 29.2 Å². The van der Waals surface area contributed by atoms with E-state index in [4.69, 9.17) is 14.2 Å². The maximum Gasteiger partial charge on any atom is 0.345 e. The lowest BCUT2D eigenvalue weighted by molar-refractivity contribution is -0.128. The molecule has 0 amide bonds. The molecule has 2 aromatic rings. The van der Waals surface area contributed by atoms with Gasteiger partial charge in [0.2, 0.25) is 5.79 Å². The summed E-state index contributed by atoms with van der Waals surface area (Å²) in [6.07, 6.45) is 7.13. The van der Waals surface area contributed by atoms with E-state index in [0.717, 1.165) is 24.0 Å². The quantitative estimate of drug-likeness (QED) is 0.280. The van der Waals surface area contributed by atoms with Gasteiger partial charge in [-0.05, 0) is 70.9 Å². The van der Waals surface area contributed by atoms with E-state index < -0.39 is 17.7 Å². The molecule has 0 saturated heterocycles. The minimum atomic E-state index is -1.21. The lowest BCUT2D eigenvalue weighted by atomic mass is 9.88. The number of phenolic OH excluding ortho intramolecular Hbond substituents is 1. The van der Waals surface area contributed by atoms with Crippen LogP contribution in [-0.4, -0.2) is 29.4 Å². The molecule has 0 aliphatic carbocycles. The Balaban J connectivity index is 2.14. The van der Waals surface area contributed by atoms with Gasteiger partial charge in [0.25, 0.3) is 0 Å². The summed E-state index contributed by atoms with van der Waals surface area (Å²) in [5.74, 6) is -2.41. The monoisotopic (exact) mass is 506 g/mol. The van der Waals surface area contributed by atoms with E-state index in [2.05, 4.69) is 19.9 Å². The van der Waals surface area contributed by atoms with Crippen molar-refractivity contribution in [3.05, 3.63) is 81.4 Å². The van der Waals surface area contributed by atoms with Gasteiger partial charge in [-0.3, -0.25) is 0 Å². The third kappa shape index (κ3) is 7.03. The Hall–Kier alpha value is -3.54. The Morgan fingerprint density at radius 1 is 1.03 bits per heavy atom. The molecular formula is C31H38O6. The number of allylic oxidation sites excluding steroid dienone is 4. The molecule has 1 N–H and O–H groups in total. The van der Waals surface area contributed by atoms with E-state index in [1.807, 2.05) is 43.3 Å². The van der Waals surface area contributed by atoms with Gasteiger partial charge in [-0.15, -0.1) is 0 Å². The minimum absolute atomic E-state index is 0.00221. The van der Waals surface area contributed by atoms with Gasteiger partial charge in [-0.25, -0.2) is 9.59 Å². The Morgan fingerprint density at radius 3 is 2.38 bits per heavy atom. The summed E-state index contributed by atoms with van der Waals surface area (Å²) in [6.45, 7) is 11.3. The fourth-order valence-corrected chi connectivity index (χ4v) is 4.43. The van der Waals surface area contributed by atoms with Crippen LogP contribution in [0.4, 0.5) is 0 Å². The van der Waals surface area contributed by atoms with Crippen molar-refractivity contribution in [3.63, 3.8) is 0 Å². The standard InChI is InChI=1S/C31H38O6/c1-7-35-29(33)25-23(19-17-22-14-9-8-10-15-22)26-28(36-31(5,6)37-30(26)34)24(27(25)32)18-16-21(4)13-11-12-20(2)3/h8-10,12,14-16,32H,7,11,13,17-19H2,1-6H3/b21-16+. The molecule has 37 heavy (non-hydrogen) atoms. The summed E-state index contributed by atoms with van der Waals surface area (Å²) in [5, 5.41) is 11.5. The minimum Gasteiger partial charge on any atom is -0.507 e. The molecule has 0 radical (unpaired) electrons. The van der Waals surface area contributed by atoms with E-state index in [1.165, 1.54) is 5.57 Å². The number of carbonyl (C=O) groups excluding carboxylic acids is 2. The number of hydrogen-bond acceptors (Lipinski definition) is 6. The second kappa shape index (κ2) is 12.1. The number of carbonyl (C=O) groups is 2. The molecule has 0 fully saturated rings. The fourth-order valence-electron chi connectivity index (χ4n) is 4.43. The molecule has 2 aromatic carbocycles. The van der Waals surface area contributed by atoms with Crippen molar-refractivity contribution >= 4 is 11.9 Å². The van der Waals surface area contributed by atoms with Crippen LogP contribution in [-0.2, 0) is 28.7 Å². The van der Waals surface area contributed by atoms with Crippen molar-refractivity contribution in [2.45, 2.75) is 79.4 Å². The normalized spacial score (nSPS) is 14.3. The summed E-state index contributed by atoms with van der Waals surface area (Å²) in [4.78, 5) is 26.4. The second-order valence-electron chi connectivity index (χ2n) is 10.1. The van der Waals surface area contributed by atoms with Crippen LogP contribution in [0.1, 0.15) is 91.8 Å². The first-order valence-corrected chi connectivity index (χ1v) is 12.9. The van der Waals surface area contributed by atoms with Crippen molar-refractivity contribution in [2.75, 3.05) is 6.61 Å². The Labute approximate surface area is 219 Å². The summed E-state index contributed by atoms with van der Waals surface area (Å²) in [5.41, 5.74) is 4.38. The highest BCUT2D eigenvalue weighted by atomic mass is 16.7. The highest BCUT2D eigenvalue weighted by Gasteiger charge is 2.41. The molecule has 1 aliphatic rings. The van der Waals surface area contributed by atoms with E-state index in [9.17, 15) is 14.7 Å². The number of hydrogen-bond donors (Lipinski definition) is 1. The molecule has 0 aromatic heterocycles. The highest BCUT2D eigenvalue weighted by molar-refractivity contribution is 6.03. The Kier molecular flexibility index (Phi) is 9.19. The van der Waals surface area contributed by atoms with Gasteiger partial charge in [0.05, 0.1) is 6.61 Å². The smallest absolute Gasteiger partial charge is 0.345 e. The van der Waals surface area contributed by atoms with Gasteiger partial charge < -0.3 is 19.3 Å². The molecule has 0 unspecified atom stereocenters. The Bertz CT molecular complexity index is 1200. The number of cyclic esters (lactones) is 1. The molecule has 0 atom stereocenters. The zero-order valence-corrected chi connectivity index (χ0v) is 22.8. The van der Waals surface area contributed by atoms with Crippen molar-refractivity contribution in [3.8, 4) is 11.5 Å². The highest BCUT2D eigenvalue weighted by Crippen LogP contribution is 2.45. The Morgan fingerprint density at radius 2 is 1.73 bits per heavy atom. The zero-order valence-electron chi connectivity index (χ0n) is 22.8. The number of aromatic hydroxyl groups is 1. The lowest BCUT2D eigenvalue weighted by Gasteiger charge is -2.35. The molecular weight excluding hydrogens is 468 g/mol. The maximum atomic E-state index is 13.3. The topological polar surface area (TPSA) is 82.1 Å². The molecule has 1 heterocycles. The van der Waals surface area contributed by atoms with Crippen LogP contribution >= 0.6 is 0 Å². The third-order valence-electron chi connectivity index (χ3n) is 6.25. The predicted molar refractivity (Wildman–Crippen MR) is 144 cm³/mol. The SMILES string of the molecule is CCOC(=O)c1c(O)c(C/C=C(\C)CCC=C(C)C)c2c(c1CCc1ccccc1)C(=O)OC(C)(C)O2. The molecule has 6 heteroatoms. The average Bonchev–Trinajstić information content (AvgIpc) is 2.81. The van der Waals surface area contributed by atoms with E-state index in [0.29, 0.717) is 30.4 Å². The van der Waals surface area contributed by atoms with Crippen LogP contribution in [0.3, 0.4) is 0 Å². The van der Waals surface area contributed by atoms with Crippen molar-refractivity contribution in [2.24, 2.45) is 0 Å². The average molecular weight is 507 g/mol. The first kappa shape index (κ1) is 28.0. The van der Waals surface area contributed by atoms with E-state index in [1.54, 1.807) is 20.8 Å². The molecule has 3 rings (SSSR count). The number of fused-ring (bicyclic) bond motifs is 1.